The Balaban J connectivity index is 1.67. The summed E-state index contributed by atoms with van der Waals surface area (Å²) in [5, 5.41) is 0. The molecule has 2 aromatic rings. The predicted molar refractivity (Wildman–Crippen MR) is 83.9 cm³/mol. The van der Waals surface area contributed by atoms with Crippen LogP contribution in [-0.2, 0) is 11.3 Å². The van der Waals surface area contributed by atoms with Crippen LogP contribution < -0.4 is 14.2 Å². The van der Waals surface area contributed by atoms with E-state index < -0.39 is 0 Å². The van der Waals surface area contributed by atoms with Gasteiger partial charge in [0.05, 0.1) is 19.3 Å². The van der Waals surface area contributed by atoms with Crippen molar-refractivity contribution in [1.29, 1.82) is 0 Å². The lowest BCUT2D eigenvalue weighted by atomic mass is 10.0. The second-order valence-electron chi connectivity index (χ2n) is 5.89. The van der Waals surface area contributed by atoms with E-state index in [0.29, 0.717) is 11.7 Å². The van der Waals surface area contributed by atoms with Gasteiger partial charge >= 0.3 is 0 Å². The minimum Gasteiger partial charge on any atom is -0.496 e. The maximum Gasteiger partial charge on any atom is 0.231 e. The summed E-state index contributed by atoms with van der Waals surface area (Å²) in [6.07, 6.45) is 6.15. The Labute approximate surface area is 134 Å². The van der Waals surface area contributed by atoms with Crippen LogP contribution in [0.5, 0.6) is 17.2 Å². The summed E-state index contributed by atoms with van der Waals surface area (Å²) < 4.78 is 24.2. The molecule has 0 aliphatic carbocycles. The molecule has 3 heterocycles. The number of rotatable bonds is 4. The molecule has 6 nitrogen and oxygen atoms in total. The molecule has 1 atom stereocenters. The van der Waals surface area contributed by atoms with E-state index in [-0.39, 0.29) is 6.79 Å². The number of aromatic nitrogens is 2. The number of ether oxygens (including phenoxy) is 4. The number of hydrogen-bond donors (Lipinski definition) is 0. The second kappa shape index (κ2) is 6.12. The number of nitrogens with zero attached hydrogens (tertiary/aromatic N) is 2. The molecule has 0 bridgehead atoms. The van der Waals surface area contributed by atoms with E-state index in [2.05, 4.69) is 9.55 Å². The fourth-order valence-corrected chi connectivity index (χ4v) is 3.20. The van der Waals surface area contributed by atoms with Crippen molar-refractivity contribution in [3.63, 3.8) is 0 Å². The minimum absolute atomic E-state index is 0.246. The van der Waals surface area contributed by atoms with E-state index >= 15 is 0 Å². The van der Waals surface area contributed by atoms with E-state index in [9.17, 15) is 0 Å². The fraction of sp³-hybridized carbons (Fsp3) is 0.471. The van der Waals surface area contributed by atoms with E-state index in [1.165, 1.54) is 6.42 Å². The van der Waals surface area contributed by atoms with E-state index in [1.807, 2.05) is 24.5 Å². The van der Waals surface area contributed by atoms with Crippen molar-refractivity contribution in [1.82, 2.24) is 9.55 Å². The van der Waals surface area contributed by atoms with Crippen molar-refractivity contribution in [2.75, 3.05) is 27.1 Å². The summed E-state index contributed by atoms with van der Waals surface area (Å²) in [5.74, 6) is 3.59. The van der Waals surface area contributed by atoms with Gasteiger partial charge in [-0.05, 0) is 18.9 Å². The average Bonchev–Trinajstić information content (AvgIpc) is 3.23. The van der Waals surface area contributed by atoms with Crippen LogP contribution in [0, 0.1) is 5.92 Å². The Hall–Kier alpha value is -2.21. The molecular weight excluding hydrogens is 296 g/mol. The van der Waals surface area contributed by atoms with Crippen LogP contribution >= 0.6 is 0 Å². The maximum absolute atomic E-state index is 5.59. The van der Waals surface area contributed by atoms with E-state index in [1.54, 1.807) is 7.11 Å². The van der Waals surface area contributed by atoms with Crippen molar-refractivity contribution in [2.24, 2.45) is 5.92 Å². The molecule has 1 aromatic heterocycles. The highest BCUT2D eigenvalue weighted by molar-refractivity contribution is 5.70. The van der Waals surface area contributed by atoms with Gasteiger partial charge in [-0.15, -0.1) is 0 Å². The highest BCUT2D eigenvalue weighted by Crippen LogP contribution is 2.42. The van der Waals surface area contributed by atoms with Gasteiger partial charge in [-0.3, -0.25) is 0 Å². The molecule has 2 aliphatic rings. The van der Waals surface area contributed by atoms with Gasteiger partial charge in [-0.25, -0.2) is 4.98 Å². The molecule has 23 heavy (non-hydrogen) atoms. The predicted octanol–water partition coefficient (Wildman–Crippen LogP) is 2.71. The zero-order valence-electron chi connectivity index (χ0n) is 13.2. The Morgan fingerprint density at radius 2 is 2.17 bits per heavy atom. The Morgan fingerprint density at radius 1 is 1.30 bits per heavy atom. The average molecular weight is 316 g/mol. The molecule has 4 rings (SSSR count). The molecule has 1 saturated heterocycles. The van der Waals surface area contributed by atoms with Crippen LogP contribution in [0.2, 0.25) is 0 Å². The third-order valence-electron chi connectivity index (χ3n) is 4.36. The number of benzene rings is 1. The number of methoxy groups -OCH3 is 1. The second-order valence-corrected chi connectivity index (χ2v) is 5.89. The Kier molecular flexibility index (Phi) is 3.83. The molecule has 122 valence electrons. The zero-order chi connectivity index (χ0) is 15.6. The molecule has 6 heteroatoms. The van der Waals surface area contributed by atoms with Gasteiger partial charge in [0.2, 0.25) is 6.79 Å². The quantitative estimate of drug-likeness (QED) is 0.868. The van der Waals surface area contributed by atoms with Crippen molar-refractivity contribution in [3.8, 4) is 28.6 Å². The number of hydrogen-bond acceptors (Lipinski definition) is 5. The fourth-order valence-electron chi connectivity index (χ4n) is 3.20. The normalized spacial score (nSPS) is 19.8. The standard InChI is InChI=1S/C17H20N2O4/c1-20-14-8-16-15(22-11-23-16)7-13(14)17-18-4-5-19(17)9-12-3-2-6-21-10-12/h4-5,7-8,12H,2-3,6,9-11H2,1H3/t12-/m0/s1. The lowest BCUT2D eigenvalue weighted by Gasteiger charge is -2.23. The summed E-state index contributed by atoms with van der Waals surface area (Å²) in [4.78, 5) is 4.53. The van der Waals surface area contributed by atoms with Gasteiger partial charge in [0.1, 0.15) is 11.6 Å². The van der Waals surface area contributed by atoms with Gasteiger partial charge < -0.3 is 23.5 Å². The van der Waals surface area contributed by atoms with Crippen LogP contribution in [0.4, 0.5) is 0 Å². The first kappa shape index (κ1) is 14.4. The van der Waals surface area contributed by atoms with E-state index in [4.69, 9.17) is 18.9 Å². The third-order valence-corrected chi connectivity index (χ3v) is 4.36. The molecule has 0 N–H and O–H groups in total. The van der Waals surface area contributed by atoms with Crippen LogP contribution in [-0.4, -0.2) is 36.7 Å². The van der Waals surface area contributed by atoms with Gasteiger partial charge in [0.15, 0.2) is 11.5 Å². The first-order valence-corrected chi connectivity index (χ1v) is 7.92. The highest BCUT2D eigenvalue weighted by Gasteiger charge is 2.22. The highest BCUT2D eigenvalue weighted by atomic mass is 16.7. The molecule has 0 spiro atoms. The molecule has 0 amide bonds. The topological polar surface area (TPSA) is 54.7 Å². The van der Waals surface area contributed by atoms with Crippen LogP contribution in [0.15, 0.2) is 24.5 Å². The first-order chi connectivity index (χ1) is 11.3. The largest absolute Gasteiger partial charge is 0.496 e. The van der Waals surface area contributed by atoms with Crippen LogP contribution in [0.3, 0.4) is 0 Å². The summed E-state index contributed by atoms with van der Waals surface area (Å²) in [5.41, 5.74) is 0.915. The van der Waals surface area contributed by atoms with Gasteiger partial charge in [0.25, 0.3) is 0 Å². The minimum atomic E-state index is 0.246. The van der Waals surface area contributed by atoms with E-state index in [0.717, 1.165) is 49.1 Å². The Bertz CT molecular complexity index is 692. The SMILES string of the molecule is COc1cc2c(cc1-c1nccn1C[C@@H]1CCCOC1)OCO2. The lowest BCUT2D eigenvalue weighted by Crippen LogP contribution is -2.22. The molecule has 1 aromatic carbocycles. The maximum atomic E-state index is 5.59. The van der Waals surface area contributed by atoms with Gasteiger partial charge in [0, 0.05) is 37.5 Å². The first-order valence-electron chi connectivity index (χ1n) is 7.92. The van der Waals surface area contributed by atoms with Crippen LogP contribution in [0.25, 0.3) is 11.4 Å². The monoisotopic (exact) mass is 316 g/mol. The Morgan fingerprint density at radius 3 is 2.96 bits per heavy atom. The molecule has 2 aliphatic heterocycles. The van der Waals surface area contributed by atoms with Gasteiger partial charge in [-0.1, -0.05) is 0 Å². The lowest BCUT2D eigenvalue weighted by molar-refractivity contribution is 0.0485. The molecule has 0 unspecified atom stereocenters. The van der Waals surface area contributed by atoms with Crippen molar-refractivity contribution in [2.45, 2.75) is 19.4 Å². The van der Waals surface area contributed by atoms with Crippen molar-refractivity contribution >= 4 is 0 Å². The zero-order valence-corrected chi connectivity index (χ0v) is 13.2. The third kappa shape index (κ3) is 2.74. The van der Waals surface area contributed by atoms with Crippen molar-refractivity contribution in [3.05, 3.63) is 24.5 Å². The summed E-state index contributed by atoms with van der Waals surface area (Å²) >= 11 is 0. The van der Waals surface area contributed by atoms with Crippen LogP contribution in [0.1, 0.15) is 12.8 Å². The molecule has 0 radical (unpaired) electrons. The molecular formula is C17H20N2O4. The number of fused-ring (bicyclic) bond motifs is 1. The van der Waals surface area contributed by atoms with Crippen molar-refractivity contribution < 1.29 is 18.9 Å². The number of imidazole rings is 1. The summed E-state index contributed by atoms with van der Waals surface area (Å²) in [6.45, 7) is 2.84. The molecule has 1 fully saturated rings. The summed E-state index contributed by atoms with van der Waals surface area (Å²) in [7, 11) is 1.66. The van der Waals surface area contributed by atoms with Gasteiger partial charge in [-0.2, -0.15) is 0 Å². The molecule has 0 saturated carbocycles. The summed E-state index contributed by atoms with van der Waals surface area (Å²) in [6, 6.07) is 3.80. The smallest absolute Gasteiger partial charge is 0.231 e.